The molecule has 6 rings (SSSR count). The van der Waals surface area contributed by atoms with Gasteiger partial charge in [-0.1, -0.05) is 42.8 Å². The third kappa shape index (κ3) is 5.08. The van der Waals surface area contributed by atoms with E-state index in [2.05, 4.69) is 35.4 Å². The zero-order chi connectivity index (χ0) is 30.6. The van der Waals surface area contributed by atoms with Crippen LogP contribution in [-0.4, -0.2) is 64.2 Å². The number of oxime groups is 1. The molecule has 0 unspecified atom stereocenters. The number of nitrogens with zero attached hydrogens (tertiary/aromatic N) is 1. The average molecular weight is 592 g/mol. The van der Waals surface area contributed by atoms with Gasteiger partial charge >= 0.3 is 5.97 Å². The third-order valence-corrected chi connectivity index (χ3v) is 11.8. The van der Waals surface area contributed by atoms with E-state index in [1.54, 1.807) is 0 Å². The molecule has 3 fully saturated rings. The summed E-state index contributed by atoms with van der Waals surface area (Å²) in [4.78, 5) is 33.9. The molecule has 9 heteroatoms. The van der Waals surface area contributed by atoms with Crippen molar-refractivity contribution in [1.29, 1.82) is 0 Å². The van der Waals surface area contributed by atoms with E-state index in [0.717, 1.165) is 54.3 Å². The van der Waals surface area contributed by atoms with Crippen LogP contribution < -0.4 is 5.32 Å². The van der Waals surface area contributed by atoms with Gasteiger partial charge in [-0.25, -0.2) is 4.79 Å². The highest BCUT2D eigenvalue weighted by Crippen LogP contribution is 2.67. The molecule has 0 bridgehead atoms. The number of carbonyl (C=O) groups excluding carboxylic acids is 2. The Morgan fingerprint density at radius 1 is 1.16 bits per heavy atom. The second kappa shape index (κ2) is 11.1. The Labute approximate surface area is 253 Å². The average Bonchev–Trinajstić information content (AvgIpc) is 3.48. The van der Waals surface area contributed by atoms with Crippen LogP contribution in [0.15, 0.2) is 47.3 Å². The van der Waals surface area contributed by atoms with Crippen LogP contribution in [0.1, 0.15) is 71.3 Å². The molecule has 232 valence electrons. The van der Waals surface area contributed by atoms with E-state index in [1.165, 1.54) is 12.7 Å². The quantitative estimate of drug-likeness (QED) is 0.278. The summed E-state index contributed by atoms with van der Waals surface area (Å²) in [7, 11) is 1.30. The summed E-state index contributed by atoms with van der Waals surface area (Å²) in [5, 5.41) is 30.7. The number of aromatic amines is 1. The molecule has 4 aliphatic rings. The van der Waals surface area contributed by atoms with Gasteiger partial charge in [-0.3, -0.25) is 4.79 Å². The number of aliphatic hydroxyl groups excluding tert-OH is 1. The van der Waals surface area contributed by atoms with Gasteiger partial charge in [-0.15, -0.1) is 0 Å². The number of H-pyrrole nitrogens is 1. The van der Waals surface area contributed by atoms with Crippen molar-refractivity contribution >= 4 is 28.5 Å². The molecule has 1 heterocycles. The number of esters is 1. The van der Waals surface area contributed by atoms with Crippen LogP contribution in [0.3, 0.4) is 0 Å². The maximum atomic E-state index is 12.8. The van der Waals surface area contributed by atoms with Crippen molar-refractivity contribution < 1.29 is 29.4 Å². The lowest BCUT2D eigenvalue weighted by atomic mass is 9.45. The van der Waals surface area contributed by atoms with Crippen LogP contribution in [0.4, 0.5) is 0 Å². The lowest BCUT2D eigenvalue weighted by molar-refractivity contribution is -0.164. The van der Waals surface area contributed by atoms with E-state index < -0.39 is 29.6 Å². The number of amides is 1. The molecule has 1 aromatic heterocycles. The van der Waals surface area contributed by atoms with E-state index in [0.29, 0.717) is 24.7 Å². The summed E-state index contributed by atoms with van der Waals surface area (Å²) in [5.41, 5.74) is 2.85. The number of nitrogens with one attached hydrogen (secondary N) is 2. The Balaban J connectivity index is 1.09. The Hall–Kier alpha value is -3.17. The zero-order valence-corrected chi connectivity index (χ0v) is 25.7. The molecule has 43 heavy (non-hydrogen) atoms. The lowest BCUT2D eigenvalue weighted by Gasteiger charge is -2.60. The molecular formula is C34H45N3O6. The Kier molecular flexibility index (Phi) is 7.70. The van der Waals surface area contributed by atoms with Gasteiger partial charge < -0.3 is 30.1 Å². The lowest BCUT2D eigenvalue weighted by Crippen LogP contribution is -2.59. The van der Waals surface area contributed by atoms with Crippen LogP contribution in [0.25, 0.3) is 10.9 Å². The van der Waals surface area contributed by atoms with Gasteiger partial charge in [0.15, 0.2) is 6.61 Å². The highest BCUT2D eigenvalue weighted by molar-refractivity contribution is 5.96. The molecule has 4 aliphatic carbocycles. The zero-order valence-electron chi connectivity index (χ0n) is 25.7. The maximum absolute atomic E-state index is 12.8. The van der Waals surface area contributed by atoms with Gasteiger partial charge in [-0.2, -0.15) is 0 Å². The summed E-state index contributed by atoms with van der Waals surface area (Å²) >= 11 is 0. The monoisotopic (exact) mass is 591 g/mol. The van der Waals surface area contributed by atoms with E-state index in [4.69, 9.17) is 9.57 Å². The first-order chi connectivity index (χ1) is 20.5. The summed E-state index contributed by atoms with van der Waals surface area (Å²) in [6.45, 7) is 6.13. The first kappa shape index (κ1) is 29.9. The fraction of sp³-hybridized carbons (Fsp3) is 0.618. The van der Waals surface area contributed by atoms with Gasteiger partial charge in [0.2, 0.25) is 0 Å². The second-order valence-electron chi connectivity index (χ2n) is 14.0. The van der Waals surface area contributed by atoms with Gasteiger partial charge in [0.1, 0.15) is 6.04 Å². The van der Waals surface area contributed by atoms with Crippen molar-refractivity contribution in [2.75, 3.05) is 13.7 Å². The number of allylic oxidation sites excluding steroid dienone is 2. The van der Waals surface area contributed by atoms with Gasteiger partial charge in [0.25, 0.3) is 5.91 Å². The second-order valence-corrected chi connectivity index (χ2v) is 14.0. The molecule has 0 radical (unpaired) electrons. The third-order valence-electron chi connectivity index (χ3n) is 11.8. The fourth-order valence-corrected chi connectivity index (χ4v) is 9.26. The topological polar surface area (TPSA) is 133 Å². The Bertz CT molecular complexity index is 1460. The minimum absolute atomic E-state index is 0.120. The number of rotatable bonds is 7. The molecule has 9 nitrogen and oxygen atoms in total. The number of aromatic nitrogens is 1. The number of para-hydroxylation sites is 1. The molecule has 1 aromatic carbocycles. The first-order valence-electron chi connectivity index (χ1n) is 15.7. The van der Waals surface area contributed by atoms with Crippen LogP contribution in [-0.2, 0) is 25.6 Å². The number of fused-ring (bicyclic) bond motifs is 6. The van der Waals surface area contributed by atoms with Crippen molar-refractivity contribution in [3.8, 4) is 0 Å². The van der Waals surface area contributed by atoms with Crippen LogP contribution in [0.5, 0.6) is 0 Å². The fourth-order valence-electron chi connectivity index (χ4n) is 9.26. The smallest absolute Gasteiger partial charge is 0.328 e. The normalized spacial score (nSPS) is 36.7. The maximum Gasteiger partial charge on any atom is 0.328 e. The van der Waals surface area contributed by atoms with Gasteiger partial charge in [0.05, 0.1) is 24.5 Å². The summed E-state index contributed by atoms with van der Waals surface area (Å²) in [5.74, 6) is 0.0175. The van der Waals surface area contributed by atoms with Crippen LogP contribution >= 0.6 is 0 Å². The highest BCUT2D eigenvalue weighted by Gasteiger charge is 2.64. The van der Waals surface area contributed by atoms with E-state index >= 15 is 0 Å². The van der Waals surface area contributed by atoms with Crippen LogP contribution in [0.2, 0.25) is 0 Å². The van der Waals surface area contributed by atoms with Crippen molar-refractivity contribution in [3.63, 3.8) is 0 Å². The largest absolute Gasteiger partial charge is 0.467 e. The molecule has 0 saturated heterocycles. The molecule has 1 amide bonds. The van der Waals surface area contributed by atoms with Crippen molar-refractivity contribution in [1.82, 2.24) is 10.3 Å². The highest BCUT2D eigenvalue weighted by atomic mass is 16.6. The van der Waals surface area contributed by atoms with Crippen LogP contribution in [0, 0.1) is 28.6 Å². The number of hydrogen-bond acceptors (Lipinski definition) is 7. The number of hydrogen-bond donors (Lipinski definition) is 4. The standard InChI is InChI=1S/C34H45N3O6/c1-32-13-11-22(16-21(32)9-10-24-25-12-14-34(3,41)33(25,2)17-28(38)30(24)32)37-43-19-29(39)36-27(31(40)42-4)15-20-18-35-26-8-6-5-7-23(20)26/h5-8,16,18,24-25,27-28,30,35,38,41H,9-15,17,19H2,1-4H3,(H,36,39)/b37-22-/t24-,25+,27+,28+,30-,32+,33+,34+/m1/s1. The van der Waals surface area contributed by atoms with Crippen molar-refractivity contribution in [2.45, 2.75) is 89.9 Å². The Morgan fingerprint density at radius 2 is 1.95 bits per heavy atom. The number of ether oxygens (including phenoxy) is 1. The summed E-state index contributed by atoms with van der Waals surface area (Å²) in [6.07, 6.45) is 9.75. The first-order valence-corrected chi connectivity index (χ1v) is 15.7. The number of methoxy groups -OCH3 is 1. The number of benzene rings is 1. The predicted octanol–water partition coefficient (Wildman–Crippen LogP) is 4.43. The van der Waals surface area contributed by atoms with E-state index in [1.807, 2.05) is 37.4 Å². The van der Waals surface area contributed by atoms with Crippen molar-refractivity contribution in [2.24, 2.45) is 33.7 Å². The van der Waals surface area contributed by atoms with Gasteiger partial charge in [-0.05, 0) is 92.7 Å². The number of aliphatic hydroxyl groups is 2. The van der Waals surface area contributed by atoms with Crippen molar-refractivity contribution in [3.05, 3.63) is 47.7 Å². The Morgan fingerprint density at radius 3 is 2.74 bits per heavy atom. The molecule has 3 saturated carbocycles. The SMILES string of the molecule is COC(=O)[C@H](Cc1c[nH]c2ccccc12)NC(=O)CO/N=C1\C=C2CC[C@H]3[C@H]([C@@H](O)C[C@@]4(C)[C@H]3CC[C@]4(C)O)[C@@]2(C)CC1. The minimum atomic E-state index is -0.854. The van der Waals surface area contributed by atoms with E-state index in [-0.39, 0.29) is 29.8 Å². The predicted molar refractivity (Wildman–Crippen MR) is 163 cm³/mol. The molecule has 0 spiro atoms. The van der Waals surface area contributed by atoms with E-state index in [9.17, 15) is 19.8 Å². The molecular weight excluding hydrogens is 546 g/mol. The summed E-state index contributed by atoms with van der Waals surface area (Å²) < 4.78 is 4.95. The van der Waals surface area contributed by atoms with Gasteiger partial charge in [0, 0.05) is 28.9 Å². The molecule has 4 N–H and O–H groups in total. The molecule has 0 aliphatic heterocycles. The molecule has 2 aromatic rings. The molecule has 8 atom stereocenters. The minimum Gasteiger partial charge on any atom is -0.467 e. The summed E-state index contributed by atoms with van der Waals surface area (Å²) in [6, 6.07) is 6.94. The number of carbonyl (C=O) groups is 2.